The summed E-state index contributed by atoms with van der Waals surface area (Å²) in [4.78, 5) is 38.6. The predicted octanol–water partition coefficient (Wildman–Crippen LogP) is 4.58. The second kappa shape index (κ2) is 11.7. The molecule has 0 unspecified atom stereocenters. The molecule has 7 nitrogen and oxygen atoms in total. The number of ether oxygens (including phenoxy) is 2. The molecule has 1 saturated carbocycles. The molecule has 1 fully saturated rings. The van der Waals surface area contributed by atoms with Crippen LogP contribution in [0.25, 0.3) is 0 Å². The van der Waals surface area contributed by atoms with Crippen molar-refractivity contribution in [2.45, 2.75) is 38.5 Å². The molecule has 4 rings (SSSR count). The first-order valence-corrected chi connectivity index (χ1v) is 12.4. The molecule has 0 aliphatic heterocycles. The van der Waals surface area contributed by atoms with Crippen LogP contribution in [0.15, 0.2) is 91.0 Å². The molecule has 192 valence electrons. The van der Waals surface area contributed by atoms with Crippen molar-refractivity contribution in [3.05, 3.63) is 108 Å². The average molecular weight is 501 g/mol. The summed E-state index contributed by atoms with van der Waals surface area (Å²) in [6.45, 7) is 2.01. The lowest BCUT2D eigenvalue weighted by Crippen LogP contribution is -2.46. The highest BCUT2D eigenvalue weighted by Crippen LogP contribution is 2.58. The number of benzene rings is 3. The molecule has 3 aromatic rings. The fourth-order valence-electron chi connectivity index (χ4n) is 4.62. The maximum absolute atomic E-state index is 13.4. The van der Waals surface area contributed by atoms with E-state index in [0.717, 1.165) is 16.7 Å². The van der Waals surface area contributed by atoms with Gasteiger partial charge in [-0.05, 0) is 29.0 Å². The van der Waals surface area contributed by atoms with Gasteiger partial charge in [-0.15, -0.1) is 0 Å². The number of esters is 1. The first-order valence-electron chi connectivity index (χ1n) is 12.4. The van der Waals surface area contributed by atoms with Crippen LogP contribution in [0.3, 0.4) is 0 Å². The smallest absolute Gasteiger partial charge is 0.407 e. The van der Waals surface area contributed by atoms with Crippen molar-refractivity contribution in [3.63, 3.8) is 0 Å². The summed E-state index contributed by atoms with van der Waals surface area (Å²) >= 11 is 0. The van der Waals surface area contributed by atoms with E-state index in [-0.39, 0.29) is 18.4 Å². The molecule has 1 aliphatic carbocycles. The van der Waals surface area contributed by atoms with Gasteiger partial charge in [-0.1, -0.05) is 97.9 Å². The largest absolute Gasteiger partial charge is 0.467 e. The van der Waals surface area contributed by atoms with Crippen molar-refractivity contribution in [2.24, 2.45) is 11.3 Å². The van der Waals surface area contributed by atoms with Crippen LogP contribution in [-0.4, -0.2) is 31.1 Å². The van der Waals surface area contributed by atoms with Crippen molar-refractivity contribution >= 4 is 18.0 Å². The van der Waals surface area contributed by atoms with E-state index in [1.54, 1.807) is 0 Å². The Hall–Kier alpha value is -4.13. The third-order valence-electron chi connectivity index (χ3n) is 6.94. The van der Waals surface area contributed by atoms with Crippen molar-refractivity contribution in [1.82, 2.24) is 10.6 Å². The normalized spacial score (nSPS) is 19.7. The first-order chi connectivity index (χ1) is 17.9. The third-order valence-corrected chi connectivity index (χ3v) is 6.94. The van der Waals surface area contributed by atoms with E-state index >= 15 is 0 Å². The monoisotopic (exact) mass is 500 g/mol. The van der Waals surface area contributed by atoms with Crippen LogP contribution in [0, 0.1) is 11.3 Å². The summed E-state index contributed by atoms with van der Waals surface area (Å²) in [6, 6.07) is 27.2. The molecule has 7 heteroatoms. The highest BCUT2D eigenvalue weighted by Gasteiger charge is 2.60. The van der Waals surface area contributed by atoms with Gasteiger partial charge >= 0.3 is 12.1 Å². The summed E-state index contributed by atoms with van der Waals surface area (Å²) in [5.74, 6) is -0.918. The van der Waals surface area contributed by atoms with Crippen LogP contribution in [-0.2, 0) is 32.1 Å². The van der Waals surface area contributed by atoms with Gasteiger partial charge < -0.3 is 20.1 Å². The van der Waals surface area contributed by atoms with Gasteiger partial charge in [0.15, 0.2) is 0 Å². The third kappa shape index (κ3) is 6.55. The van der Waals surface area contributed by atoms with Crippen molar-refractivity contribution < 1.29 is 23.9 Å². The van der Waals surface area contributed by atoms with E-state index in [1.807, 2.05) is 97.9 Å². The zero-order valence-corrected chi connectivity index (χ0v) is 21.1. The van der Waals surface area contributed by atoms with Gasteiger partial charge in [0.25, 0.3) is 0 Å². The Morgan fingerprint density at radius 3 is 2.03 bits per heavy atom. The lowest BCUT2D eigenvalue weighted by Gasteiger charge is -2.23. The number of rotatable bonds is 10. The van der Waals surface area contributed by atoms with Gasteiger partial charge in [-0.3, -0.25) is 4.79 Å². The zero-order valence-electron chi connectivity index (χ0n) is 21.1. The molecule has 0 bridgehead atoms. The molecule has 0 heterocycles. The quantitative estimate of drug-likeness (QED) is 0.398. The standard InChI is InChI=1S/C30H32N2O5/c1-30(28(34)31-25(27(33)36-2)18-21-12-6-3-7-13-21)19-24(30)26(23-16-10-5-11-17-23)32-29(35)37-20-22-14-8-4-9-15-22/h3-17,24-26H,18-20H2,1-2H3,(H,31,34)(H,32,35)/t24-,25+,26-,30-/m1/s1. The molecule has 1 aliphatic rings. The number of alkyl carbamates (subject to hydrolysis) is 1. The van der Waals surface area contributed by atoms with E-state index in [0.29, 0.717) is 12.8 Å². The fourth-order valence-corrected chi connectivity index (χ4v) is 4.62. The summed E-state index contributed by atoms with van der Waals surface area (Å²) < 4.78 is 10.4. The highest BCUT2D eigenvalue weighted by molar-refractivity contribution is 5.90. The minimum absolute atomic E-state index is 0.150. The van der Waals surface area contributed by atoms with E-state index in [9.17, 15) is 14.4 Å². The van der Waals surface area contributed by atoms with Crippen LogP contribution in [0.4, 0.5) is 4.79 Å². The molecule has 2 N–H and O–H groups in total. The summed E-state index contributed by atoms with van der Waals surface area (Å²) in [5, 5.41) is 5.87. The van der Waals surface area contributed by atoms with Gasteiger partial charge in [-0.2, -0.15) is 0 Å². The van der Waals surface area contributed by atoms with Crippen molar-refractivity contribution in [3.8, 4) is 0 Å². The summed E-state index contributed by atoms with van der Waals surface area (Å²) in [7, 11) is 1.31. The Labute approximate surface area is 217 Å². The topological polar surface area (TPSA) is 93.7 Å². The van der Waals surface area contributed by atoms with Gasteiger partial charge in [0.1, 0.15) is 12.6 Å². The number of carbonyl (C=O) groups is 3. The van der Waals surface area contributed by atoms with Crippen LogP contribution < -0.4 is 10.6 Å². The molecular formula is C30H32N2O5. The number of carbonyl (C=O) groups excluding carboxylic acids is 3. The molecule has 4 atom stereocenters. The minimum atomic E-state index is -0.808. The lowest BCUT2D eigenvalue weighted by atomic mass is 9.94. The second-order valence-electron chi connectivity index (χ2n) is 9.56. The fraction of sp³-hybridized carbons (Fsp3) is 0.300. The van der Waals surface area contributed by atoms with Gasteiger partial charge in [0, 0.05) is 6.42 Å². The molecular weight excluding hydrogens is 468 g/mol. The highest BCUT2D eigenvalue weighted by atomic mass is 16.5. The summed E-state index contributed by atoms with van der Waals surface area (Å²) in [5.41, 5.74) is 1.92. The number of hydrogen-bond donors (Lipinski definition) is 2. The molecule has 0 aromatic heterocycles. The molecule has 37 heavy (non-hydrogen) atoms. The Morgan fingerprint density at radius 2 is 1.43 bits per heavy atom. The van der Waals surface area contributed by atoms with E-state index in [2.05, 4.69) is 10.6 Å². The second-order valence-corrected chi connectivity index (χ2v) is 9.56. The van der Waals surface area contributed by atoms with Crippen LogP contribution >= 0.6 is 0 Å². The minimum Gasteiger partial charge on any atom is -0.467 e. The maximum atomic E-state index is 13.4. The SMILES string of the molecule is COC(=O)[C@H](Cc1ccccc1)NC(=O)[C@]1(C)C[C@@H]1[C@H](NC(=O)OCc1ccccc1)c1ccccc1. The number of hydrogen-bond acceptors (Lipinski definition) is 5. The van der Waals surface area contributed by atoms with Crippen molar-refractivity contribution in [2.75, 3.05) is 7.11 Å². The molecule has 3 aromatic carbocycles. The Bertz CT molecular complexity index is 1200. The molecule has 0 saturated heterocycles. The Morgan fingerprint density at radius 1 is 0.865 bits per heavy atom. The average Bonchev–Trinajstić information content (AvgIpc) is 3.63. The Balaban J connectivity index is 1.45. The molecule has 0 radical (unpaired) electrons. The Kier molecular flexibility index (Phi) is 8.23. The lowest BCUT2D eigenvalue weighted by molar-refractivity contribution is -0.145. The number of amides is 2. The van der Waals surface area contributed by atoms with Crippen LogP contribution in [0.2, 0.25) is 0 Å². The summed E-state index contributed by atoms with van der Waals surface area (Å²) in [6.07, 6.45) is 0.326. The van der Waals surface area contributed by atoms with E-state index < -0.39 is 29.6 Å². The molecule has 2 amide bonds. The van der Waals surface area contributed by atoms with Crippen molar-refractivity contribution in [1.29, 1.82) is 0 Å². The van der Waals surface area contributed by atoms with Gasteiger partial charge in [0.05, 0.1) is 18.6 Å². The van der Waals surface area contributed by atoms with Crippen LogP contribution in [0.1, 0.15) is 36.1 Å². The van der Waals surface area contributed by atoms with E-state index in [1.165, 1.54) is 7.11 Å². The first kappa shape index (κ1) is 25.9. The number of nitrogens with one attached hydrogen (secondary N) is 2. The molecule has 0 spiro atoms. The maximum Gasteiger partial charge on any atom is 0.407 e. The van der Waals surface area contributed by atoms with E-state index in [4.69, 9.17) is 9.47 Å². The zero-order chi connectivity index (χ0) is 26.3. The number of methoxy groups -OCH3 is 1. The van der Waals surface area contributed by atoms with Gasteiger partial charge in [0.2, 0.25) is 5.91 Å². The van der Waals surface area contributed by atoms with Crippen LogP contribution in [0.5, 0.6) is 0 Å². The van der Waals surface area contributed by atoms with Gasteiger partial charge in [-0.25, -0.2) is 9.59 Å². The predicted molar refractivity (Wildman–Crippen MR) is 139 cm³/mol.